The van der Waals surface area contributed by atoms with Crippen molar-refractivity contribution < 1.29 is 18.0 Å². The molecule has 0 spiro atoms. The van der Waals surface area contributed by atoms with Crippen LogP contribution in [0.5, 0.6) is 0 Å². The average Bonchev–Trinajstić information content (AvgIpc) is 3.06. The van der Waals surface area contributed by atoms with E-state index in [4.69, 9.17) is 0 Å². The van der Waals surface area contributed by atoms with Gasteiger partial charge in [0, 0.05) is 25.9 Å². The molecule has 0 aliphatic heterocycles. The third-order valence-corrected chi connectivity index (χ3v) is 3.74. The van der Waals surface area contributed by atoms with Crippen molar-refractivity contribution in [2.75, 3.05) is 11.9 Å². The molecule has 1 amide bonds. The van der Waals surface area contributed by atoms with Crippen LogP contribution >= 0.6 is 0 Å². The molecule has 9 heteroatoms. The molecule has 6 nitrogen and oxygen atoms in total. The number of alkyl halides is 3. The van der Waals surface area contributed by atoms with Crippen molar-refractivity contribution in [3.05, 3.63) is 60.3 Å². The van der Waals surface area contributed by atoms with Crippen LogP contribution in [-0.2, 0) is 13.2 Å². The Labute approximate surface area is 146 Å². The lowest BCUT2D eigenvalue weighted by Crippen LogP contribution is -2.27. The van der Waals surface area contributed by atoms with E-state index < -0.39 is 17.6 Å². The predicted molar refractivity (Wildman–Crippen MR) is 88.4 cm³/mol. The number of hydrogen-bond donors (Lipinski definition) is 0. The standard InChI is InChI=1S/C17H14F3N5O/c1-24-10-13(7-22-24)25(2)16(26)15-9-21-8-14(23-15)11-3-5-12(6-4-11)17(18,19)20/h3-10H,1-2H3. The number of halogens is 3. The van der Waals surface area contributed by atoms with Gasteiger partial charge in [-0.15, -0.1) is 0 Å². The Morgan fingerprint density at radius 3 is 2.38 bits per heavy atom. The minimum absolute atomic E-state index is 0.0775. The molecule has 3 aromatic rings. The van der Waals surface area contributed by atoms with Crippen molar-refractivity contribution in [1.29, 1.82) is 0 Å². The van der Waals surface area contributed by atoms with Gasteiger partial charge in [-0.05, 0) is 12.1 Å². The van der Waals surface area contributed by atoms with Gasteiger partial charge in [-0.2, -0.15) is 18.3 Å². The van der Waals surface area contributed by atoms with E-state index in [9.17, 15) is 18.0 Å². The number of nitrogens with zero attached hydrogens (tertiary/aromatic N) is 5. The van der Waals surface area contributed by atoms with Crippen LogP contribution in [0.2, 0.25) is 0 Å². The number of anilines is 1. The van der Waals surface area contributed by atoms with Crippen molar-refractivity contribution in [3.63, 3.8) is 0 Å². The van der Waals surface area contributed by atoms with Crippen molar-refractivity contribution in [2.45, 2.75) is 6.18 Å². The molecular weight excluding hydrogens is 347 g/mol. The van der Waals surface area contributed by atoms with Crippen LogP contribution in [-0.4, -0.2) is 32.7 Å². The molecule has 0 N–H and O–H groups in total. The second-order valence-electron chi connectivity index (χ2n) is 5.60. The third kappa shape index (κ3) is 3.56. The summed E-state index contributed by atoms with van der Waals surface area (Å²) in [5.74, 6) is -0.403. The highest BCUT2D eigenvalue weighted by molar-refractivity contribution is 6.04. The van der Waals surface area contributed by atoms with E-state index in [1.165, 1.54) is 35.6 Å². The Bertz CT molecular complexity index is 934. The molecule has 134 valence electrons. The van der Waals surface area contributed by atoms with E-state index >= 15 is 0 Å². The fraction of sp³-hybridized carbons (Fsp3) is 0.176. The molecule has 0 aliphatic carbocycles. The summed E-state index contributed by atoms with van der Waals surface area (Å²) in [6.07, 6.45) is 1.50. The van der Waals surface area contributed by atoms with Crippen LogP contribution < -0.4 is 4.90 Å². The summed E-state index contributed by atoms with van der Waals surface area (Å²) in [6, 6.07) is 4.53. The van der Waals surface area contributed by atoms with Crippen molar-refractivity contribution in [2.24, 2.45) is 7.05 Å². The van der Waals surface area contributed by atoms with Gasteiger partial charge in [0.2, 0.25) is 0 Å². The molecule has 0 radical (unpaired) electrons. The maximum atomic E-state index is 12.7. The number of amides is 1. The molecule has 0 saturated carbocycles. The average molecular weight is 361 g/mol. The number of rotatable bonds is 3. The summed E-state index contributed by atoms with van der Waals surface area (Å²) in [7, 11) is 3.30. The number of hydrogen-bond acceptors (Lipinski definition) is 4. The molecule has 1 aromatic carbocycles. The van der Waals surface area contributed by atoms with E-state index in [2.05, 4.69) is 15.1 Å². The number of aryl methyl sites for hydroxylation is 1. The molecule has 2 heterocycles. The maximum Gasteiger partial charge on any atom is 0.416 e. The first-order chi connectivity index (χ1) is 12.3. The Kier molecular flexibility index (Phi) is 4.45. The molecule has 26 heavy (non-hydrogen) atoms. The van der Waals surface area contributed by atoms with Crippen molar-refractivity contribution >= 4 is 11.6 Å². The summed E-state index contributed by atoms with van der Waals surface area (Å²) >= 11 is 0. The molecule has 3 rings (SSSR count). The number of carbonyl (C=O) groups is 1. The van der Waals surface area contributed by atoms with Crippen LogP contribution in [0.1, 0.15) is 16.1 Å². The van der Waals surface area contributed by atoms with Crippen LogP contribution in [0.3, 0.4) is 0 Å². The Morgan fingerprint density at radius 1 is 1.12 bits per heavy atom. The maximum absolute atomic E-state index is 12.7. The summed E-state index contributed by atoms with van der Waals surface area (Å²) in [6.45, 7) is 0. The van der Waals surface area contributed by atoms with Gasteiger partial charge in [-0.25, -0.2) is 4.98 Å². The lowest BCUT2D eigenvalue weighted by molar-refractivity contribution is -0.137. The molecule has 0 bridgehead atoms. The van der Waals surface area contributed by atoms with E-state index in [-0.39, 0.29) is 5.69 Å². The number of benzene rings is 1. The summed E-state index contributed by atoms with van der Waals surface area (Å²) < 4.78 is 39.5. The monoisotopic (exact) mass is 361 g/mol. The predicted octanol–water partition coefficient (Wildman–Crippen LogP) is 3.17. The molecular formula is C17H14F3N5O. The van der Waals surface area contributed by atoms with Gasteiger partial charge in [0.15, 0.2) is 0 Å². The van der Waals surface area contributed by atoms with Gasteiger partial charge in [-0.1, -0.05) is 12.1 Å². The minimum atomic E-state index is -4.41. The van der Waals surface area contributed by atoms with Gasteiger partial charge < -0.3 is 4.90 Å². The SMILES string of the molecule is CN(C(=O)c1cncc(-c2ccc(C(F)(F)F)cc2)n1)c1cnn(C)c1. The van der Waals surface area contributed by atoms with Crippen LogP contribution in [0.15, 0.2) is 49.1 Å². The zero-order chi connectivity index (χ0) is 18.9. The highest BCUT2D eigenvalue weighted by Crippen LogP contribution is 2.30. The fourth-order valence-electron chi connectivity index (χ4n) is 2.31. The van der Waals surface area contributed by atoms with E-state index in [0.717, 1.165) is 12.1 Å². The van der Waals surface area contributed by atoms with Gasteiger partial charge in [0.25, 0.3) is 5.91 Å². The van der Waals surface area contributed by atoms with Crippen molar-refractivity contribution in [1.82, 2.24) is 19.7 Å². The highest BCUT2D eigenvalue weighted by atomic mass is 19.4. The molecule has 0 atom stereocenters. The topological polar surface area (TPSA) is 63.9 Å². The Morgan fingerprint density at radius 2 is 1.81 bits per heavy atom. The summed E-state index contributed by atoms with van der Waals surface area (Å²) in [5.41, 5.74) is 0.652. The molecule has 2 aromatic heterocycles. The van der Waals surface area contributed by atoms with Crippen molar-refractivity contribution in [3.8, 4) is 11.3 Å². The van der Waals surface area contributed by atoms with Gasteiger partial charge in [0.05, 0.1) is 35.5 Å². The Hall–Kier alpha value is -3.23. The van der Waals surface area contributed by atoms with E-state index in [0.29, 0.717) is 16.9 Å². The van der Waals surface area contributed by atoms with Crippen LogP contribution in [0.25, 0.3) is 11.3 Å². The first-order valence-electron chi connectivity index (χ1n) is 7.52. The second-order valence-corrected chi connectivity index (χ2v) is 5.60. The number of carbonyl (C=O) groups excluding carboxylic acids is 1. The third-order valence-electron chi connectivity index (χ3n) is 3.74. The largest absolute Gasteiger partial charge is 0.416 e. The molecule has 0 saturated heterocycles. The quantitative estimate of drug-likeness (QED) is 0.719. The second kappa shape index (κ2) is 6.58. The van der Waals surface area contributed by atoms with Gasteiger partial charge >= 0.3 is 6.18 Å². The first-order valence-corrected chi connectivity index (χ1v) is 7.52. The zero-order valence-electron chi connectivity index (χ0n) is 13.9. The highest BCUT2D eigenvalue weighted by Gasteiger charge is 2.30. The molecule has 0 aliphatic rings. The minimum Gasteiger partial charge on any atom is -0.307 e. The normalized spacial score (nSPS) is 11.4. The van der Waals surface area contributed by atoms with Crippen LogP contribution in [0, 0.1) is 0 Å². The van der Waals surface area contributed by atoms with E-state index in [1.54, 1.807) is 25.0 Å². The van der Waals surface area contributed by atoms with E-state index in [1.807, 2.05) is 0 Å². The fourth-order valence-corrected chi connectivity index (χ4v) is 2.31. The summed E-state index contributed by atoms with van der Waals surface area (Å²) in [4.78, 5) is 22.1. The zero-order valence-corrected chi connectivity index (χ0v) is 13.9. The molecule has 0 fully saturated rings. The van der Waals surface area contributed by atoms with Gasteiger partial charge in [-0.3, -0.25) is 14.5 Å². The number of aromatic nitrogens is 4. The molecule has 0 unspecified atom stereocenters. The first kappa shape index (κ1) is 17.6. The lowest BCUT2D eigenvalue weighted by atomic mass is 10.1. The summed E-state index contributed by atoms with van der Waals surface area (Å²) in [5, 5.41) is 4.00. The smallest absolute Gasteiger partial charge is 0.307 e. The Balaban J connectivity index is 1.87. The van der Waals surface area contributed by atoms with Gasteiger partial charge in [0.1, 0.15) is 5.69 Å². The lowest BCUT2D eigenvalue weighted by Gasteiger charge is -2.14. The van der Waals surface area contributed by atoms with Crippen LogP contribution in [0.4, 0.5) is 18.9 Å².